The first-order chi connectivity index (χ1) is 12.6. The number of hydrogen-bond acceptors (Lipinski definition) is 5. The summed E-state index contributed by atoms with van der Waals surface area (Å²) in [6.07, 6.45) is 2.46. The van der Waals surface area contributed by atoms with E-state index < -0.39 is 5.60 Å². The van der Waals surface area contributed by atoms with E-state index in [2.05, 4.69) is 27.5 Å². The molecule has 0 spiro atoms. The van der Waals surface area contributed by atoms with Crippen molar-refractivity contribution in [3.05, 3.63) is 41.8 Å². The van der Waals surface area contributed by atoms with E-state index in [1.54, 1.807) is 18.0 Å². The number of guanidine groups is 1. The predicted octanol–water partition coefficient (Wildman–Crippen LogP) is 2.57. The van der Waals surface area contributed by atoms with Crippen molar-refractivity contribution in [1.82, 2.24) is 15.6 Å². The summed E-state index contributed by atoms with van der Waals surface area (Å²) < 4.78 is 5.58. The summed E-state index contributed by atoms with van der Waals surface area (Å²) in [5.41, 5.74) is 2.28. The zero-order valence-electron chi connectivity index (χ0n) is 15.3. The number of nitrogens with zero attached hydrogens (tertiary/aromatic N) is 2. The van der Waals surface area contributed by atoms with E-state index in [1.165, 1.54) is 5.56 Å². The Morgan fingerprint density at radius 3 is 2.85 bits per heavy atom. The lowest BCUT2D eigenvalue weighted by molar-refractivity contribution is 0.0724. The van der Waals surface area contributed by atoms with Crippen LogP contribution in [0.1, 0.15) is 24.6 Å². The highest BCUT2D eigenvalue weighted by Gasteiger charge is 2.31. The zero-order chi connectivity index (χ0) is 18.4. The summed E-state index contributed by atoms with van der Waals surface area (Å²) >= 11 is 1.79. The van der Waals surface area contributed by atoms with Crippen LogP contribution in [0.2, 0.25) is 0 Å². The fraction of sp³-hybridized carbons (Fsp3) is 0.474. The molecule has 1 unspecified atom stereocenters. The zero-order valence-corrected chi connectivity index (χ0v) is 16.1. The van der Waals surface area contributed by atoms with Crippen LogP contribution in [-0.4, -0.2) is 46.2 Å². The molecule has 7 heteroatoms. The minimum Gasteiger partial charge on any atom is -0.444 e. The van der Waals surface area contributed by atoms with Gasteiger partial charge in [-0.3, -0.25) is 0 Å². The molecule has 1 fully saturated rings. The van der Waals surface area contributed by atoms with E-state index >= 15 is 0 Å². The molecule has 1 saturated heterocycles. The summed E-state index contributed by atoms with van der Waals surface area (Å²) in [6.45, 7) is 5.74. The number of aryl methyl sites for hydroxylation is 1. The Morgan fingerprint density at radius 2 is 2.15 bits per heavy atom. The van der Waals surface area contributed by atoms with Gasteiger partial charge in [-0.1, -0.05) is 17.7 Å². The van der Waals surface area contributed by atoms with Gasteiger partial charge in [-0.15, -0.1) is 0 Å². The van der Waals surface area contributed by atoms with Gasteiger partial charge in [0.1, 0.15) is 12.0 Å². The van der Waals surface area contributed by atoms with E-state index in [0.29, 0.717) is 24.9 Å². The van der Waals surface area contributed by atoms with Gasteiger partial charge in [0.05, 0.1) is 12.1 Å². The molecular formula is C19H26N4O2S. The highest BCUT2D eigenvalue weighted by atomic mass is 32.2. The monoisotopic (exact) mass is 374 g/mol. The van der Waals surface area contributed by atoms with Crippen LogP contribution in [0.4, 0.5) is 0 Å². The number of thioether (sulfide) groups is 1. The third-order valence-electron chi connectivity index (χ3n) is 4.26. The van der Waals surface area contributed by atoms with Crippen molar-refractivity contribution in [2.24, 2.45) is 4.99 Å². The maximum Gasteiger partial charge on any atom is 0.226 e. The van der Waals surface area contributed by atoms with Crippen LogP contribution >= 0.6 is 11.8 Å². The molecular weight excluding hydrogens is 348 g/mol. The lowest BCUT2D eigenvalue weighted by Crippen LogP contribution is -2.47. The Balaban J connectivity index is 1.61. The second-order valence-corrected chi connectivity index (χ2v) is 7.69. The van der Waals surface area contributed by atoms with Crippen LogP contribution in [0.5, 0.6) is 0 Å². The van der Waals surface area contributed by atoms with Crippen molar-refractivity contribution >= 4 is 17.7 Å². The molecule has 2 aromatic rings. The summed E-state index contributed by atoms with van der Waals surface area (Å²) in [5.74, 6) is 3.05. The summed E-state index contributed by atoms with van der Waals surface area (Å²) in [6, 6.07) is 8.08. The minimum atomic E-state index is -0.645. The van der Waals surface area contributed by atoms with Crippen LogP contribution in [0.15, 0.2) is 39.9 Å². The smallest absolute Gasteiger partial charge is 0.226 e. The highest BCUT2D eigenvalue weighted by Crippen LogP contribution is 2.26. The minimum absolute atomic E-state index is 0.415. The molecule has 3 N–H and O–H groups in total. The third-order valence-corrected chi connectivity index (χ3v) is 5.50. The molecule has 0 bridgehead atoms. The largest absolute Gasteiger partial charge is 0.444 e. The first-order valence-electron chi connectivity index (χ1n) is 8.92. The van der Waals surface area contributed by atoms with Crippen LogP contribution in [-0.2, 0) is 6.54 Å². The Morgan fingerprint density at radius 1 is 1.35 bits per heavy atom. The summed E-state index contributed by atoms with van der Waals surface area (Å²) in [4.78, 5) is 9.06. The summed E-state index contributed by atoms with van der Waals surface area (Å²) in [5, 5.41) is 16.9. The van der Waals surface area contributed by atoms with Crippen LogP contribution in [0, 0.1) is 6.92 Å². The van der Waals surface area contributed by atoms with Crippen LogP contribution in [0.3, 0.4) is 0 Å². The average Bonchev–Trinajstić information content (AvgIpc) is 3.28. The predicted molar refractivity (Wildman–Crippen MR) is 106 cm³/mol. The van der Waals surface area contributed by atoms with E-state index in [4.69, 9.17) is 4.42 Å². The van der Waals surface area contributed by atoms with E-state index in [-0.39, 0.29) is 0 Å². The molecule has 1 aliphatic heterocycles. The quantitative estimate of drug-likeness (QED) is 0.532. The van der Waals surface area contributed by atoms with Crippen LogP contribution in [0.25, 0.3) is 11.5 Å². The van der Waals surface area contributed by atoms with Crippen molar-refractivity contribution in [2.45, 2.75) is 32.4 Å². The van der Waals surface area contributed by atoms with Gasteiger partial charge in [0.15, 0.2) is 5.96 Å². The first-order valence-corrected chi connectivity index (χ1v) is 10.1. The molecule has 140 valence electrons. The number of aliphatic imine (C=N–C) groups is 1. The summed E-state index contributed by atoms with van der Waals surface area (Å²) in [7, 11) is 0. The second-order valence-electron chi connectivity index (χ2n) is 6.59. The molecule has 26 heavy (non-hydrogen) atoms. The fourth-order valence-corrected chi connectivity index (χ4v) is 3.99. The topological polar surface area (TPSA) is 82.7 Å². The second kappa shape index (κ2) is 8.60. The van der Waals surface area contributed by atoms with Crippen molar-refractivity contribution in [2.75, 3.05) is 24.6 Å². The Labute approximate surface area is 158 Å². The van der Waals surface area contributed by atoms with E-state index in [0.717, 1.165) is 35.7 Å². The van der Waals surface area contributed by atoms with Gasteiger partial charge >= 0.3 is 0 Å². The van der Waals surface area contributed by atoms with Gasteiger partial charge in [0, 0.05) is 24.4 Å². The molecule has 1 atom stereocenters. The molecule has 2 heterocycles. The van der Waals surface area contributed by atoms with Crippen molar-refractivity contribution in [1.29, 1.82) is 0 Å². The van der Waals surface area contributed by atoms with Gasteiger partial charge in [0.2, 0.25) is 5.89 Å². The van der Waals surface area contributed by atoms with Gasteiger partial charge in [-0.25, -0.2) is 9.98 Å². The normalized spacial score (nSPS) is 20.3. The maximum atomic E-state index is 10.4. The molecule has 0 amide bonds. The SMILES string of the molecule is CCNC(=NCc1coc(-c2ccc(C)cc2)n1)NCC1(O)CCSC1. The standard InChI is InChI=1S/C19H26N4O2S/c1-3-20-18(22-12-19(24)8-9-26-13-19)21-10-16-11-25-17(23-16)15-6-4-14(2)5-7-15/h4-7,11,24H,3,8-10,12-13H2,1-2H3,(H2,20,21,22). The molecule has 0 aliphatic carbocycles. The number of oxazole rings is 1. The first kappa shape index (κ1) is 18.8. The number of aromatic nitrogens is 1. The third kappa shape index (κ3) is 5.02. The molecule has 1 aromatic heterocycles. The van der Waals surface area contributed by atoms with E-state index in [1.807, 2.05) is 31.2 Å². The van der Waals surface area contributed by atoms with E-state index in [9.17, 15) is 5.11 Å². The number of hydrogen-bond donors (Lipinski definition) is 3. The lowest BCUT2D eigenvalue weighted by Gasteiger charge is -2.23. The van der Waals surface area contributed by atoms with Gasteiger partial charge in [0.25, 0.3) is 0 Å². The highest BCUT2D eigenvalue weighted by molar-refractivity contribution is 7.99. The van der Waals surface area contributed by atoms with Gasteiger partial charge < -0.3 is 20.2 Å². The number of rotatable bonds is 6. The van der Waals surface area contributed by atoms with Crippen molar-refractivity contribution < 1.29 is 9.52 Å². The molecule has 1 aliphatic rings. The number of nitrogens with one attached hydrogen (secondary N) is 2. The Bertz CT molecular complexity index is 736. The van der Waals surface area contributed by atoms with Crippen molar-refractivity contribution in [3.8, 4) is 11.5 Å². The maximum absolute atomic E-state index is 10.4. The van der Waals surface area contributed by atoms with Crippen LogP contribution < -0.4 is 10.6 Å². The molecule has 1 aromatic carbocycles. The van der Waals surface area contributed by atoms with Crippen molar-refractivity contribution in [3.63, 3.8) is 0 Å². The Kier molecular flexibility index (Phi) is 6.21. The molecule has 3 rings (SSSR count). The molecule has 6 nitrogen and oxygen atoms in total. The van der Waals surface area contributed by atoms with Gasteiger partial charge in [-0.2, -0.15) is 11.8 Å². The lowest BCUT2D eigenvalue weighted by atomic mass is 10.0. The number of aliphatic hydroxyl groups is 1. The Hall–Kier alpha value is -1.99. The fourth-order valence-electron chi connectivity index (χ4n) is 2.69. The molecule has 0 radical (unpaired) electrons. The van der Waals surface area contributed by atoms with Gasteiger partial charge in [-0.05, 0) is 38.2 Å². The molecule has 0 saturated carbocycles. The number of benzene rings is 1. The average molecular weight is 375 g/mol.